The van der Waals surface area contributed by atoms with Crippen LogP contribution in [-0.2, 0) is 4.79 Å². The molecule has 7 nitrogen and oxygen atoms in total. The second kappa shape index (κ2) is 8.77. The number of hydrogen-bond acceptors (Lipinski definition) is 6. The van der Waals surface area contributed by atoms with E-state index < -0.39 is 0 Å². The van der Waals surface area contributed by atoms with Crippen molar-refractivity contribution >= 4 is 5.91 Å². The molecule has 0 radical (unpaired) electrons. The standard InChI is InChI=1S/C22H23N3O4/c1-27-19-11-5-7-16(13-19)21-23-22(29-24-21)17-8-6-12-25(14-17)20(26)15-28-18-9-3-2-4-10-18/h2-5,7,9-11,13,17H,6,8,12,14-15H2,1H3. The second-order valence-corrected chi connectivity index (χ2v) is 6.97. The van der Waals surface area contributed by atoms with E-state index >= 15 is 0 Å². The van der Waals surface area contributed by atoms with Gasteiger partial charge in [-0.05, 0) is 37.1 Å². The predicted octanol–water partition coefficient (Wildman–Crippen LogP) is 3.53. The maximum atomic E-state index is 12.6. The molecule has 1 amide bonds. The van der Waals surface area contributed by atoms with E-state index in [9.17, 15) is 4.79 Å². The molecule has 2 heterocycles. The lowest BCUT2D eigenvalue weighted by Gasteiger charge is -2.30. The van der Waals surface area contributed by atoms with Gasteiger partial charge in [0, 0.05) is 18.7 Å². The molecule has 1 saturated heterocycles. The van der Waals surface area contributed by atoms with Gasteiger partial charge in [-0.15, -0.1) is 0 Å². The third-order valence-corrected chi connectivity index (χ3v) is 5.00. The molecular formula is C22H23N3O4. The molecule has 0 aliphatic carbocycles. The molecule has 0 spiro atoms. The molecule has 0 N–H and O–H groups in total. The van der Waals surface area contributed by atoms with Crippen molar-refractivity contribution in [2.75, 3.05) is 26.8 Å². The molecule has 150 valence electrons. The van der Waals surface area contributed by atoms with Gasteiger partial charge in [0.25, 0.3) is 5.91 Å². The van der Waals surface area contributed by atoms with Gasteiger partial charge in [-0.1, -0.05) is 35.5 Å². The molecule has 2 aromatic carbocycles. The van der Waals surface area contributed by atoms with E-state index in [1.165, 1.54) is 0 Å². The first-order chi connectivity index (χ1) is 14.2. The summed E-state index contributed by atoms with van der Waals surface area (Å²) in [6.07, 6.45) is 1.79. The number of likely N-dealkylation sites (tertiary alicyclic amines) is 1. The van der Waals surface area contributed by atoms with Crippen molar-refractivity contribution in [3.63, 3.8) is 0 Å². The molecule has 3 aromatic rings. The Bertz CT molecular complexity index is 957. The van der Waals surface area contributed by atoms with Gasteiger partial charge in [-0.3, -0.25) is 4.79 Å². The Kier molecular flexibility index (Phi) is 5.74. The minimum Gasteiger partial charge on any atom is -0.497 e. The van der Waals surface area contributed by atoms with Crippen LogP contribution < -0.4 is 9.47 Å². The van der Waals surface area contributed by atoms with Crippen LogP contribution in [0.5, 0.6) is 11.5 Å². The highest BCUT2D eigenvalue weighted by Gasteiger charge is 2.29. The summed E-state index contributed by atoms with van der Waals surface area (Å²) in [5.74, 6) is 2.50. The van der Waals surface area contributed by atoms with Gasteiger partial charge in [0.15, 0.2) is 6.61 Å². The predicted molar refractivity (Wildman–Crippen MR) is 107 cm³/mol. The monoisotopic (exact) mass is 393 g/mol. The zero-order chi connectivity index (χ0) is 20.1. The zero-order valence-electron chi connectivity index (χ0n) is 16.3. The number of amides is 1. The number of carbonyl (C=O) groups is 1. The summed E-state index contributed by atoms with van der Waals surface area (Å²) in [6.45, 7) is 1.29. The number of nitrogens with zero attached hydrogens (tertiary/aromatic N) is 3. The Morgan fingerprint density at radius 1 is 1.17 bits per heavy atom. The molecule has 1 unspecified atom stereocenters. The zero-order valence-corrected chi connectivity index (χ0v) is 16.3. The lowest BCUT2D eigenvalue weighted by atomic mass is 9.98. The third-order valence-electron chi connectivity index (χ3n) is 5.00. The SMILES string of the molecule is COc1cccc(-c2noc(C3CCCN(C(=O)COc4ccccc4)C3)n2)c1. The van der Waals surface area contributed by atoms with E-state index in [4.69, 9.17) is 14.0 Å². The van der Waals surface area contributed by atoms with Crippen LogP contribution in [-0.4, -0.2) is 47.8 Å². The number of ether oxygens (including phenoxy) is 2. The van der Waals surface area contributed by atoms with Gasteiger partial charge in [0.1, 0.15) is 11.5 Å². The number of aromatic nitrogens is 2. The van der Waals surface area contributed by atoms with Crippen LogP contribution in [0.25, 0.3) is 11.4 Å². The Hall–Kier alpha value is -3.35. The molecule has 1 aliphatic rings. The van der Waals surface area contributed by atoms with Gasteiger partial charge in [0.2, 0.25) is 11.7 Å². The second-order valence-electron chi connectivity index (χ2n) is 6.97. The fourth-order valence-electron chi connectivity index (χ4n) is 3.44. The van der Waals surface area contributed by atoms with Crippen molar-refractivity contribution in [2.24, 2.45) is 0 Å². The molecule has 7 heteroatoms. The van der Waals surface area contributed by atoms with Crippen LogP contribution in [0.4, 0.5) is 0 Å². The first kappa shape index (κ1) is 19.0. The summed E-state index contributed by atoms with van der Waals surface area (Å²) in [6, 6.07) is 16.9. The highest BCUT2D eigenvalue weighted by molar-refractivity contribution is 5.78. The van der Waals surface area contributed by atoms with Crippen molar-refractivity contribution in [3.8, 4) is 22.9 Å². The van der Waals surface area contributed by atoms with Crippen LogP contribution in [0.2, 0.25) is 0 Å². The Balaban J connectivity index is 1.39. The van der Waals surface area contributed by atoms with Gasteiger partial charge in [-0.25, -0.2) is 0 Å². The summed E-state index contributed by atoms with van der Waals surface area (Å²) >= 11 is 0. The average Bonchev–Trinajstić information content (AvgIpc) is 3.29. The van der Waals surface area contributed by atoms with Crippen LogP contribution in [0.1, 0.15) is 24.7 Å². The van der Waals surface area contributed by atoms with E-state index in [1.807, 2.05) is 59.5 Å². The number of rotatable bonds is 6. The lowest BCUT2D eigenvalue weighted by Crippen LogP contribution is -2.41. The topological polar surface area (TPSA) is 77.7 Å². The molecule has 0 saturated carbocycles. The normalized spacial score (nSPS) is 16.4. The van der Waals surface area contributed by atoms with Crippen molar-refractivity contribution in [2.45, 2.75) is 18.8 Å². The van der Waals surface area contributed by atoms with E-state index in [2.05, 4.69) is 10.1 Å². The fraction of sp³-hybridized carbons (Fsp3) is 0.318. The fourth-order valence-corrected chi connectivity index (χ4v) is 3.44. The highest BCUT2D eigenvalue weighted by Crippen LogP contribution is 2.28. The minimum atomic E-state index is -0.0360. The summed E-state index contributed by atoms with van der Waals surface area (Å²) in [5, 5.41) is 4.11. The molecule has 1 atom stereocenters. The summed E-state index contributed by atoms with van der Waals surface area (Å²) in [4.78, 5) is 18.9. The summed E-state index contributed by atoms with van der Waals surface area (Å²) < 4.78 is 16.4. The van der Waals surface area contributed by atoms with Crippen molar-refractivity contribution in [1.82, 2.24) is 15.0 Å². The Morgan fingerprint density at radius 3 is 2.83 bits per heavy atom. The number of piperidine rings is 1. The van der Waals surface area contributed by atoms with Crippen molar-refractivity contribution in [1.29, 1.82) is 0 Å². The van der Waals surface area contributed by atoms with E-state index in [0.29, 0.717) is 30.6 Å². The first-order valence-corrected chi connectivity index (χ1v) is 9.66. The van der Waals surface area contributed by atoms with Gasteiger partial charge < -0.3 is 18.9 Å². The molecular weight excluding hydrogens is 370 g/mol. The molecule has 0 bridgehead atoms. The number of carbonyl (C=O) groups excluding carboxylic acids is 1. The molecule has 4 rings (SSSR count). The van der Waals surface area contributed by atoms with Gasteiger partial charge >= 0.3 is 0 Å². The third kappa shape index (κ3) is 4.56. The minimum absolute atomic E-state index is 0.0234. The van der Waals surface area contributed by atoms with Crippen LogP contribution in [0.15, 0.2) is 59.1 Å². The summed E-state index contributed by atoms with van der Waals surface area (Å²) in [7, 11) is 1.62. The molecule has 1 aromatic heterocycles. The maximum absolute atomic E-state index is 12.6. The summed E-state index contributed by atoms with van der Waals surface area (Å²) in [5.41, 5.74) is 0.833. The van der Waals surface area contributed by atoms with E-state index in [0.717, 1.165) is 24.2 Å². The quantitative estimate of drug-likeness (QED) is 0.638. The van der Waals surface area contributed by atoms with E-state index in [1.54, 1.807) is 7.11 Å². The number of benzene rings is 2. The number of hydrogen-bond donors (Lipinski definition) is 0. The number of para-hydroxylation sites is 1. The Labute approximate surface area is 169 Å². The molecule has 1 fully saturated rings. The highest BCUT2D eigenvalue weighted by atomic mass is 16.5. The maximum Gasteiger partial charge on any atom is 0.260 e. The van der Waals surface area contributed by atoms with Crippen molar-refractivity contribution in [3.05, 3.63) is 60.5 Å². The van der Waals surface area contributed by atoms with Crippen molar-refractivity contribution < 1.29 is 18.8 Å². The van der Waals surface area contributed by atoms with Crippen LogP contribution >= 0.6 is 0 Å². The largest absolute Gasteiger partial charge is 0.497 e. The average molecular weight is 393 g/mol. The molecule has 29 heavy (non-hydrogen) atoms. The van der Waals surface area contributed by atoms with Gasteiger partial charge in [0.05, 0.1) is 13.0 Å². The smallest absolute Gasteiger partial charge is 0.260 e. The van der Waals surface area contributed by atoms with Crippen LogP contribution in [0.3, 0.4) is 0 Å². The van der Waals surface area contributed by atoms with Crippen LogP contribution in [0, 0.1) is 0 Å². The van der Waals surface area contributed by atoms with Gasteiger partial charge in [-0.2, -0.15) is 4.98 Å². The molecule has 1 aliphatic heterocycles. The van der Waals surface area contributed by atoms with E-state index in [-0.39, 0.29) is 18.4 Å². The first-order valence-electron chi connectivity index (χ1n) is 9.66. The lowest BCUT2D eigenvalue weighted by molar-refractivity contribution is -0.134. The Morgan fingerprint density at radius 2 is 2.00 bits per heavy atom. The number of methoxy groups -OCH3 is 1.